The van der Waals surface area contributed by atoms with E-state index in [2.05, 4.69) is 6.07 Å². The van der Waals surface area contributed by atoms with Crippen molar-refractivity contribution in [3.05, 3.63) is 29.3 Å². The standard InChI is InChI=1S/C16H15NO3/c1-16(9-17)5-4-12(13(18)8-16)6-11-2-3-14-15(7-11)20-10-19-14/h2-3,6-7H,4-5,8,10H2,1H3/b12-6+/t16-/m0/s1. The van der Waals surface area contributed by atoms with Gasteiger partial charge < -0.3 is 9.47 Å². The molecule has 4 nitrogen and oxygen atoms in total. The van der Waals surface area contributed by atoms with Gasteiger partial charge in [0.05, 0.1) is 11.5 Å². The number of carbonyl (C=O) groups excluding carboxylic acids is 1. The first kappa shape index (κ1) is 12.7. The Morgan fingerprint density at radius 1 is 1.35 bits per heavy atom. The van der Waals surface area contributed by atoms with Crippen LogP contribution in [0.2, 0.25) is 0 Å². The summed E-state index contributed by atoms with van der Waals surface area (Å²) in [6, 6.07) is 7.88. The van der Waals surface area contributed by atoms with Gasteiger partial charge in [-0.3, -0.25) is 4.79 Å². The lowest BCUT2D eigenvalue weighted by Crippen LogP contribution is -2.25. The minimum atomic E-state index is -0.511. The summed E-state index contributed by atoms with van der Waals surface area (Å²) < 4.78 is 10.6. The third kappa shape index (κ3) is 2.27. The summed E-state index contributed by atoms with van der Waals surface area (Å²) in [6.45, 7) is 2.09. The molecule has 1 aliphatic heterocycles. The quantitative estimate of drug-likeness (QED) is 0.735. The number of fused-ring (bicyclic) bond motifs is 1. The summed E-state index contributed by atoms with van der Waals surface area (Å²) in [5.74, 6) is 1.52. The number of nitriles is 1. The monoisotopic (exact) mass is 269 g/mol. The van der Waals surface area contributed by atoms with Crippen LogP contribution in [0, 0.1) is 16.7 Å². The Hall–Kier alpha value is -2.28. The summed E-state index contributed by atoms with van der Waals surface area (Å²) in [4.78, 5) is 12.1. The van der Waals surface area contributed by atoms with E-state index >= 15 is 0 Å². The molecular weight excluding hydrogens is 254 g/mol. The predicted octanol–water partition coefficient (Wildman–Crippen LogP) is 3.08. The summed E-state index contributed by atoms with van der Waals surface area (Å²) in [5, 5.41) is 9.10. The highest BCUT2D eigenvalue weighted by atomic mass is 16.7. The van der Waals surface area contributed by atoms with Gasteiger partial charge in [0.15, 0.2) is 17.3 Å². The van der Waals surface area contributed by atoms with Crippen molar-refractivity contribution in [2.75, 3.05) is 6.79 Å². The van der Waals surface area contributed by atoms with Gasteiger partial charge >= 0.3 is 0 Å². The number of hydrogen-bond donors (Lipinski definition) is 0. The number of rotatable bonds is 1. The summed E-state index contributed by atoms with van der Waals surface area (Å²) in [6.07, 6.45) is 3.57. The van der Waals surface area contributed by atoms with E-state index in [1.165, 1.54) is 0 Å². The molecular formula is C16H15NO3. The van der Waals surface area contributed by atoms with Crippen LogP contribution in [0.15, 0.2) is 23.8 Å². The lowest BCUT2D eigenvalue weighted by molar-refractivity contribution is -0.118. The van der Waals surface area contributed by atoms with E-state index in [1.54, 1.807) is 0 Å². The molecule has 0 bridgehead atoms. The Bertz CT molecular complexity index is 642. The lowest BCUT2D eigenvalue weighted by atomic mass is 9.74. The van der Waals surface area contributed by atoms with Gasteiger partial charge in [-0.1, -0.05) is 6.07 Å². The first-order chi connectivity index (χ1) is 9.59. The molecule has 0 aromatic heterocycles. The van der Waals surface area contributed by atoms with Crippen LogP contribution in [-0.2, 0) is 4.79 Å². The zero-order valence-electron chi connectivity index (χ0n) is 11.3. The van der Waals surface area contributed by atoms with Gasteiger partial charge in [0.25, 0.3) is 0 Å². The van der Waals surface area contributed by atoms with E-state index in [0.717, 1.165) is 23.3 Å². The Balaban J connectivity index is 1.83. The van der Waals surface area contributed by atoms with Crippen LogP contribution in [0.4, 0.5) is 0 Å². The highest BCUT2D eigenvalue weighted by Gasteiger charge is 2.33. The van der Waals surface area contributed by atoms with Crippen LogP contribution in [0.5, 0.6) is 11.5 Å². The van der Waals surface area contributed by atoms with Crippen molar-refractivity contribution in [1.82, 2.24) is 0 Å². The number of Topliss-reactive ketones (excluding diaryl/α,β-unsaturated/α-hetero) is 1. The molecule has 20 heavy (non-hydrogen) atoms. The molecule has 1 atom stereocenters. The normalized spacial score (nSPS) is 26.6. The fraction of sp³-hybridized carbons (Fsp3) is 0.375. The van der Waals surface area contributed by atoms with Gasteiger partial charge in [-0.15, -0.1) is 0 Å². The number of ether oxygens (including phenoxy) is 2. The van der Waals surface area contributed by atoms with Gasteiger partial charge in [0.2, 0.25) is 6.79 Å². The van der Waals surface area contributed by atoms with Crippen molar-refractivity contribution >= 4 is 11.9 Å². The van der Waals surface area contributed by atoms with Gasteiger partial charge in [0, 0.05) is 6.42 Å². The van der Waals surface area contributed by atoms with Crippen molar-refractivity contribution in [3.8, 4) is 17.6 Å². The van der Waals surface area contributed by atoms with E-state index in [0.29, 0.717) is 18.6 Å². The molecule has 0 N–H and O–H groups in total. The molecule has 0 radical (unpaired) electrons. The van der Waals surface area contributed by atoms with Crippen LogP contribution in [0.1, 0.15) is 31.7 Å². The fourth-order valence-corrected chi connectivity index (χ4v) is 2.56. The van der Waals surface area contributed by atoms with Crippen molar-refractivity contribution in [2.45, 2.75) is 26.2 Å². The Morgan fingerprint density at radius 3 is 2.90 bits per heavy atom. The minimum absolute atomic E-state index is 0.0676. The minimum Gasteiger partial charge on any atom is -0.454 e. The number of benzene rings is 1. The number of hydrogen-bond acceptors (Lipinski definition) is 4. The molecule has 0 saturated heterocycles. The number of ketones is 1. The van der Waals surface area contributed by atoms with Crippen LogP contribution >= 0.6 is 0 Å². The van der Waals surface area contributed by atoms with Gasteiger partial charge in [-0.2, -0.15) is 5.26 Å². The third-order valence-electron chi connectivity index (χ3n) is 3.86. The predicted molar refractivity (Wildman–Crippen MR) is 73.1 cm³/mol. The molecule has 0 amide bonds. The molecule has 1 saturated carbocycles. The van der Waals surface area contributed by atoms with E-state index < -0.39 is 5.41 Å². The average Bonchev–Trinajstić information content (AvgIpc) is 2.90. The highest BCUT2D eigenvalue weighted by molar-refractivity contribution is 6.00. The van der Waals surface area contributed by atoms with E-state index in [4.69, 9.17) is 14.7 Å². The molecule has 2 aliphatic rings. The molecule has 1 heterocycles. The Labute approximate surface area is 117 Å². The fourth-order valence-electron chi connectivity index (χ4n) is 2.56. The summed E-state index contributed by atoms with van der Waals surface area (Å²) >= 11 is 0. The first-order valence-electron chi connectivity index (χ1n) is 6.64. The zero-order valence-corrected chi connectivity index (χ0v) is 11.3. The second-order valence-corrected chi connectivity index (χ2v) is 5.55. The highest BCUT2D eigenvalue weighted by Crippen LogP contribution is 2.37. The van der Waals surface area contributed by atoms with Crippen molar-refractivity contribution in [3.63, 3.8) is 0 Å². The van der Waals surface area contributed by atoms with Gasteiger partial charge in [0.1, 0.15) is 0 Å². The topological polar surface area (TPSA) is 59.3 Å². The Kier molecular flexibility index (Phi) is 2.98. The molecule has 1 aliphatic carbocycles. The molecule has 4 heteroatoms. The van der Waals surface area contributed by atoms with Crippen LogP contribution in [0.25, 0.3) is 6.08 Å². The average molecular weight is 269 g/mol. The first-order valence-corrected chi connectivity index (χ1v) is 6.64. The van der Waals surface area contributed by atoms with Crippen LogP contribution in [-0.4, -0.2) is 12.6 Å². The molecule has 1 aromatic rings. The Morgan fingerprint density at radius 2 is 2.15 bits per heavy atom. The maximum absolute atomic E-state index is 12.1. The maximum Gasteiger partial charge on any atom is 0.231 e. The van der Waals surface area contributed by atoms with Gasteiger partial charge in [-0.25, -0.2) is 0 Å². The summed E-state index contributed by atoms with van der Waals surface area (Å²) in [7, 11) is 0. The lowest BCUT2D eigenvalue weighted by Gasteiger charge is -2.26. The smallest absolute Gasteiger partial charge is 0.231 e. The van der Waals surface area contributed by atoms with Crippen molar-refractivity contribution in [1.29, 1.82) is 5.26 Å². The second kappa shape index (κ2) is 4.68. The van der Waals surface area contributed by atoms with E-state index in [-0.39, 0.29) is 12.6 Å². The molecule has 1 fully saturated rings. The van der Waals surface area contributed by atoms with E-state index in [9.17, 15) is 4.79 Å². The molecule has 0 unspecified atom stereocenters. The van der Waals surface area contributed by atoms with Crippen LogP contribution < -0.4 is 9.47 Å². The summed E-state index contributed by atoms with van der Waals surface area (Å²) in [5.41, 5.74) is 1.21. The molecule has 102 valence electrons. The number of allylic oxidation sites excluding steroid dienone is 1. The maximum atomic E-state index is 12.1. The second-order valence-electron chi connectivity index (χ2n) is 5.55. The molecule has 1 aromatic carbocycles. The molecule has 0 spiro atoms. The van der Waals surface area contributed by atoms with Crippen molar-refractivity contribution < 1.29 is 14.3 Å². The van der Waals surface area contributed by atoms with Crippen LogP contribution in [0.3, 0.4) is 0 Å². The molecule has 3 rings (SSSR count). The third-order valence-corrected chi connectivity index (χ3v) is 3.86. The number of carbonyl (C=O) groups is 1. The zero-order chi connectivity index (χ0) is 14.2. The van der Waals surface area contributed by atoms with E-state index in [1.807, 2.05) is 31.2 Å². The van der Waals surface area contributed by atoms with Crippen molar-refractivity contribution in [2.24, 2.45) is 5.41 Å². The largest absolute Gasteiger partial charge is 0.454 e. The SMILES string of the molecule is C[C@]1(C#N)CC/C(=C\c2ccc3c(c2)OCO3)C(=O)C1. The van der Waals surface area contributed by atoms with Gasteiger partial charge in [-0.05, 0) is 49.1 Å². The number of nitrogens with zero attached hydrogens (tertiary/aromatic N) is 1.